The summed E-state index contributed by atoms with van der Waals surface area (Å²) in [7, 11) is 0. The lowest BCUT2D eigenvalue weighted by atomic mass is 10.2. The van der Waals surface area contributed by atoms with Crippen molar-refractivity contribution in [1.82, 2.24) is 10.2 Å². The first kappa shape index (κ1) is 15.7. The zero-order chi connectivity index (χ0) is 16.8. The van der Waals surface area contributed by atoms with Gasteiger partial charge in [-0.15, -0.1) is 0 Å². The average molecular weight is 320 g/mol. The SMILES string of the molecule is Fc1ccc(/C=C\c2ccc(/C=C/c3ccc(F)cc3)nn2)cc1. The van der Waals surface area contributed by atoms with E-state index in [0.717, 1.165) is 11.1 Å². The van der Waals surface area contributed by atoms with Crippen LogP contribution in [-0.2, 0) is 0 Å². The van der Waals surface area contributed by atoms with Gasteiger partial charge in [0.05, 0.1) is 11.4 Å². The van der Waals surface area contributed by atoms with E-state index in [4.69, 9.17) is 0 Å². The van der Waals surface area contributed by atoms with E-state index in [1.807, 2.05) is 36.4 Å². The van der Waals surface area contributed by atoms with Gasteiger partial charge >= 0.3 is 0 Å². The van der Waals surface area contributed by atoms with Crippen molar-refractivity contribution >= 4 is 24.3 Å². The third-order valence-corrected chi connectivity index (χ3v) is 3.34. The fourth-order valence-corrected chi connectivity index (χ4v) is 2.04. The molecule has 0 N–H and O–H groups in total. The van der Waals surface area contributed by atoms with Crippen molar-refractivity contribution in [2.45, 2.75) is 0 Å². The summed E-state index contributed by atoms with van der Waals surface area (Å²) < 4.78 is 25.7. The number of hydrogen-bond acceptors (Lipinski definition) is 2. The van der Waals surface area contributed by atoms with Crippen LogP contribution in [0.25, 0.3) is 24.3 Å². The quantitative estimate of drug-likeness (QED) is 0.668. The summed E-state index contributed by atoms with van der Waals surface area (Å²) in [5.74, 6) is -0.520. The van der Waals surface area contributed by atoms with Gasteiger partial charge in [-0.1, -0.05) is 36.4 Å². The van der Waals surface area contributed by atoms with E-state index in [0.29, 0.717) is 11.4 Å². The highest BCUT2D eigenvalue weighted by molar-refractivity contribution is 5.70. The zero-order valence-corrected chi connectivity index (χ0v) is 12.7. The summed E-state index contributed by atoms with van der Waals surface area (Å²) in [6.07, 6.45) is 7.32. The van der Waals surface area contributed by atoms with Crippen molar-refractivity contribution in [3.8, 4) is 0 Å². The molecule has 0 bridgehead atoms. The molecule has 3 rings (SSSR count). The van der Waals surface area contributed by atoms with Crippen LogP contribution in [0.4, 0.5) is 8.78 Å². The third-order valence-electron chi connectivity index (χ3n) is 3.34. The molecule has 1 aromatic heterocycles. The van der Waals surface area contributed by atoms with Crippen LogP contribution in [0.15, 0.2) is 60.7 Å². The molecule has 0 spiro atoms. The maximum Gasteiger partial charge on any atom is 0.123 e. The Kier molecular flexibility index (Phi) is 4.87. The van der Waals surface area contributed by atoms with E-state index in [1.165, 1.54) is 24.3 Å². The molecule has 1 heterocycles. The molecule has 4 heteroatoms. The molecule has 0 saturated carbocycles. The van der Waals surface area contributed by atoms with Crippen molar-refractivity contribution in [3.05, 3.63) is 94.8 Å². The third kappa shape index (κ3) is 4.43. The lowest BCUT2D eigenvalue weighted by molar-refractivity contribution is 0.627. The first-order chi connectivity index (χ1) is 11.7. The predicted molar refractivity (Wildman–Crippen MR) is 92.7 cm³/mol. The number of halogens is 2. The summed E-state index contributed by atoms with van der Waals surface area (Å²) in [4.78, 5) is 0. The molecule has 24 heavy (non-hydrogen) atoms. The number of nitrogens with zero attached hydrogens (tertiary/aromatic N) is 2. The molecular weight excluding hydrogens is 306 g/mol. The van der Waals surface area contributed by atoms with Gasteiger partial charge in [-0.05, 0) is 59.7 Å². The lowest BCUT2D eigenvalue weighted by Crippen LogP contribution is -1.88. The number of aromatic nitrogens is 2. The first-order valence-electron chi connectivity index (χ1n) is 7.40. The Balaban J connectivity index is 1.66. The highest BCUT2D eigenvalue weighted by atomic mass is 19.1. The monoisotopic (exact) mass is 320 g/mol. The second-order valence-corrected chi connectivity index (χ2v) is 5.15. The summed E-state index contributed by atoms with van der Waals surface area (Å²) in [6, 6.07) is 16.1. The fourth-order valence-electron chi connectivity index (χ4n) is 2.04. The van der Waals surface area contributed by atoms with Gasteiger partial charge in [0, 0.05) is 0 Å². The normalized spacial score (nSPS) is 11.4. The molecule has 118 valence electrons. The minimum absolute atomic E-state index is 0.260. The van der Waals surface area contributed by atoms with E-state index >= 15 is 0 Å². The molecule has 0 unspecified atom stereocenters. The largest absolute Gasteiger partial charge is 0.207 e. The molecule has 2 aromatic carbocycles. The lowest BCUT2D eigenvalue weighted by Gasteiger charge is -1.96. The molecule has 0 aliphatic carbocycles. The van der Waals surface area contributed by atoms with E-state index in [9.17, 15) is 8.78 Å². The zero-order valence-electron chi connectivity index (χ0n) is 12.7. The number of rotatable bonds is 4. The van der Waals surface area contributed by atoms with Crippen LogP contribution in [-0.4, -0.2) is 10.2 Å². The van der Waals surface area contributed by atoms with Gasteiger partial charge in [0.1, 0.15) is 11.6 Å². The van der Waals surface area contributed by atoms with Crippen molar-refractivity contribution in [2.24, 2.45) is 0 Å². The molecule has 0 fully saturated rings. The Hall–Kier alpha value is -3.14. The smallest absolute Gasteiger partial charge is 0.123 e. The van der Waals surface area contributed by atoms with Gasteiger partial charge in [-0.3, -0.25) is 0 Å². The average Bonchev–Trinajstić information content (AvgIpc) is 2.62. The Morgan fingerprint density at radius 2 is 0.875 bits per heavy atom. The highest BCUT2D eigenvalue weighted by Crippen LogP contribution is 2.10. The van der Waals surface area contributed by atoms with Crippen LogP contribution in [0.5, 0.6) is 0 Å². The van der Waals surface area contributed by atoms with Gasteiger partial charge in [0.25, 0.3) is 0 Å². The molecule has 3 aromatic rings. The maximum atomic E-state index is 12.8. The maximum absolute atomic E-state index is 12.8. The topological polar surface area (TPSA) is 25.8 Å². The molecule has 0 aliphatic heterocycles. The van der Waals surface area contributed by atoms with Crippen LogP contribution >= 0.6 is 0 Å². The Morgan fingerprint density at radius 1 is 0.500 bits per heavy atom. The Labute approximate surface area is 138 Å². The first-order valence-corrected chi connectivity index (χ1v) is 7.40. The second-order valence-electron chi connectivity index (χ2n) is 5.15. The van der Waals surface area contributed by atoms with E-state index < -0.39 is 0 Å². The number of benzene rings is 2. The van der Waals surface area contributed by atoms with Crippen LogP contribution in [0, 0.1) is 11.6 Å². The number of hydrogen-bond donors (Lipinski definition) is 0. The van der Waals surface area contributed by atoms with E-state index in [1.54, 1.807) is 24.3 Å². The van der Waals surface area contributed by atoms with Crippen LogP contribution in [0.3, 0.4) is 0 Å². The van der Waals surface area contributed by atoms with Gasteiger partial charge in [-0.2, -0.15) is 10.2 Å². The molecule has 0 saturated heterocycles. The molecule has 0 atom stereocenters. The fraction of sp³-hybridized carbons (Fsp3) is 0. The molecular formula is C20H14F2N2. The minimum Gasteiger partial charge on any atom is -0.207 e. The Bertz CT molecular complexity index is 775. The van der Waals surface area contributed by atoms with E-state index in [2.05, 4.69) is 10.2 Å². The Morgan fingerprint density at radius 3 is 1.21 bits per heavy atom. The van der Waals surface area contributed by atoms with Crippen molar-refractivity contribution < 1.29 is 8.78 Å². The standard InChI is InChI=1S/C20H14F2N2/c21-17-7-1-15(2-8-17)5-11-19-13-14-20(24-23-19)12-6-16-3-9-18(22)10-4-16/h1-14H/b11-5-,12-6+. The van der Waals surface area contributed by atoms with Gasteiger partial charge in [0.15, 0.2) is 0 Å². The van der Waals surface area contributed by atoms with Crippen LogP contribution < -0.4 is 0 Å². The molecule has 0 amide bonds. The van der Waals surface area contributed by atoms with Crippen LogP contribution in [0.1, 0.15) is 22.5 Å². The summed E-state index contributed by atoms with van der Waals surface area (Å²) in [5.41, 5.74) is 3.19. The molecule has 0 radical (unpaired) electrons. The summed E-state index contributed by atoms with van der Waals surface area (Å²) in [5, 5.41) is 8.23. The van der Waals surface area contributed by atoms with Gasteiger partial charge in [0.2, 0.25) is 0 Å². The molecule has 0 aliphatic rings. The minimum atomic E-state index is -0.260. The van der Waals surface area contributed by atoms with Gasteiger partial charge < -0.3 is 0 Å². The molecule has 2 nitrogen and oxygen atoms in total. The van der Waals surface area contributed by atoms with Crippen molar-refractivity contribution in [1.29, 1.82) is 0 Å². The van der Waals surface area contributed by atoms with E-state index in [-0.39, 0.29) is 11.6 Å². The summed E-state index contributed by atoms with van der Waals surface area (Å²) >= 11 is 0. The van der Waals surface area contributed by atoms with Crippen LogP contribution in [0.2, 0.25) is 0 Å². The highest BCUT2D eigenvalue weighted by Gasteiger charge is 1.94. The van der Waals surface area contributed by atoms with Crippen molar-refractivity contribution in [3.63, 3.8) is 0 Å². The summed E-state index contributed by atoms with van der Waals surface area (Å²) in [6.45, 7) is 0. The van der Waals surface area contributed by atoms with Crippen molar-refractivity contribution in [2.75, 3.05) is 0 Å². The van der Waals surface area contributed by atoms with Gasteiger partial charge in [-0.25, -0.2) is 8.78 Å². The second kappa shape index (κ2) is 7.42. The predicted octanol–water partition coefficient (Wildman–Crippen LogP) is 5.10.